The first-order valence-corrected chi connectivity index (χ1v) is 16.6. The van der Waals surface area contributed by atoms with Gasteiger partial charge in [-0.1, -0.05) is 37.6 Å². The molecule has 4 heterocycles. The van der Waals surface area contributed by atoms with Crippen LogP contribution in [0.25, 0.3) is 11.4 Å². The van der Waals surface area contributed by atoms with Crippen molar-refractivity contribution in [2.24, 2.45) is 0 Å². The lowest BCUT2D eigenvalue weighted by Crippen LogP contribution is -2.42. The van der Waals surface area contributed by atoms with Crippen molar-refractivity contribution in [3.8, 4) is 11.7 Å². The second kappa shape index (κ2) is 14.1. The van der Waals surface area contributed by atoms with Crippen LogP contribution in [0.4, 0.5) is 0 Å². The number of carbonyl (C=O) groups excluding carboxylic acids is 1. The minimum Gasteiger partial charge on any atom is -0.488 e. The average Bonchev–Trinajstić information content (AvgIpc) is 3.49. The van der Waals surface area contributed by atoms with Crippen LogP contribution in [-0.4, -0.2) is 57.9 Å². The molecule has 45 heavy (non-hydrogen) atoms. The molecule has 6 rings (SSSR count). The fourth-order valence-corrected chi connectivity index (χ4v) is 7.01. The third-order valence-corrected chi connectivity index (χ3v) is 9.34. The summed E-state index contributed by atoms with van der Waals surface area (Å²) in [7, 11) is 0. The van der Waals surface area contributed by atoms with E-state index in [2.05, 4.69) is 42.1 Å². The average molecular weight is 611 g/mol. The molecule has 8 nitrogen and oxygen atoms in total. The minimum atomic E-state index is -0.0913. The second-order valence-electron chi connectivity index (χ2n) is 12.4. The van der Waals surface area contributed by atoms with Crippen molar-refractivity contribution >= 4 is 11.4 Å². The van der Waals surface area contributed by atoms with E-state index in [0.717, 1.165) is 88.3 Å². The standard InChI is InChI=1S/C37H46N4O4/c1-5-9-30-28(15-14-27-23-40(19-16-31(27)30)29-17-20-43-21-18-29)24-45-36-25(3)10-7-11-32(36)34-12-8-13-35(39-34)41-37(44-6-2)33(22-38-41)26(4)42/h8,11-15,22,29H,5-7,9-10,16-21,23-24H2,1-4H3. The molecule has 1 saturated heterocycles. The molecule has 0 spiro atoms. The van der Waals surface area contributed by atoms with Crippen molar-refractivity contribution in [3.63, 3.8) is 0 Å². The highest BCUT2D eigenvalue weighted by Gasteiger charge is 2.28. The van der Waals surface area contributed by atoms with E-state index in [1.54, 1.807) is 10.9 Å². The Balaban J connectivity index is 1.24. The zero-order valence-electron chi connectivity index (χ0n) is 27.2. The molecule has 0 radical (unpaired) electrons. The zero-order valence-corrected chi connectivity index (χ0v) is 27.2. The van der Waals surface area contributed by atoms with Gasteiger partial charge in [-0.2, -0.15) is 9.78 Å². The van der Waals surface area contributed by atoms with Crippen LogP contribution in [0.5, 0.6) is 5.88 Å². The first kappa shape index (κ1) is 31.2. The first-order valence-electron chi connectivity index (χ1n) is 16.6. The van der Waals surface area contributed by atoms with E-state index in [1.165, 1.54) is 34.8 Å². The monoisotopic (exact) mass is 610 g/mol. The van der Waals surface area contributed by atoms with E-state index in [0.29, 0.717) is 36.5 Å². The summed E-state index contributed by atoms with van der Waals surface area (Å²) in [5.74, 6) is 1.84. The zero-order chi connectivity index (χ0) is 31.3. The Labute approximate surface area is 267 Å². The number of hydrogen-bond acceptors (Lipinski definition) is 7. The molecular formula is C37H46N4O4. The highest BCUT2D eigenvalue weighted by Crippen LogP contribution is 2.35. The van der Waals surface area contributed by atoms with E-state index < -0.39 is 0 Å². The number of carbonyl (C=O) groups is 1. The summed E-state index contributed by atoms with van der Waals surface area (Å²) in [4.78, 5) is 19.9. The van der Waals surface area contributed by atoms with Crippen LogP contribution in [0.1, 0.15) is 98.1 Å². The van der Waals surface area contributed by atoms with Gasteiger partial charge in [0.05, 0.1) is 24.1 Å². The summed E-state index contributed by atoms with van der Waals surface area (Å²) < 4.78 is 19.8. The lowest BCUT2D eigenvalue weighted by Gasteiger charge is -2.38. The molecule has 0 bridgehead atoms. The Morgan fingerprint density at radius 3 is 2.71 bits per heavy atom. The number of ketones is 1. The van der Waals surface area contributed by atoms with Crippen LogP contribution in [0.3, 0.4) is 0 Å². The molecule has 2 aromatic heterocycles. The Kier molecular flexibility index (Phi) is 9.81. The summed E-state index contributed by atoms with van der Waals surface area (Å²) in [5.41, 5.74) is 9.28. The fourth-order valence-electron chi connectivity index (χ4n) is 7.01. The Hall–Kier alpha value is -3.75. The number of hydrogen-bond donors (Lipinski definition) is 0. The molecule has 1 fully saturated rings. The number of allylic oxidation sites excluding steroid dienone is 3. The number of benzene rings is 1. The number of nitrogens with zero attached hydrogens (tertiary/aromatic N) is 4. The van der Waals surface area contributed by atoms with Gasteiger partial charge < -0.3 is 14.2 Å². The maximum absolute atomic E-state index is 12.2. The van der Waals surface area contributed by atoms with E-state index >= 15 is 0 Å². The van der Waals surface area contributed by atoms with Crippen molar-refractivity contribution in [3.05, 3.63) is 87.4 Å². The Morgan fingerprint density at radius 2 is 1.93 bits per heavy atom. The molecule has 0 N–H and O–H groups in total. The van der Waals surface area contributed by atoms with E-state index in [4.69, 9.17) is 19.2 Å². The lowest BCUT2D eigenvalue weighted by molar-refractivity contribution is 0.0290. The van der Waals surface area contributed by atoms with Crippen molar-refractivity contribution in [2.45, 2.75) is 91.8 Å². The molecule has 3 aromatic rings. The molecule has 0 saturated carbocycles. The Bertz CT molecular complexity index is 1600. The normalized spacial score (nSPS) is 17.6. The third-order valence-electron chi connectivity index (χ3n) is 9.34. The second-order valence-corrected chi connectivity index (χ2v) is 12.4. The van der Waals surface area contributed by atoms with Gasteiger partial charge >= 0.3 is 0 Å². The van der Waals surface area contributed by atoms with Crippen molar-refractivity contribution in [1.82, 2.24) is 19.7 Å². The molecule has 2 aliphatic heterocycles. The van der Waals surface area contributed by atoms with Gasteiger partial charge in [0, 0.05) is 37.9 Å². The van der Waals surface area contributed by atoms with Gasteiger partial charge in [-0.25, -0.2) is 4.98 Å². The highest BCUT2D eigenvalue weighted by atomic mass is 16.5. The van der Waals surface area contributed by atoms with Crippen LogP contribution >= 0.6 is 0 Å². The highest BCUT2D eigenvalue weighted by molar-refractivity contribution is 5.96. The van der Waals surface area contributed by atoms with Crippen LogP contribution in [0.15, 0.2) is 53.9 Å². The summed E-state index contributed by atoms with van der Waals surface area (Å²) in [6, 6.07) is 11.2. The maximum atomic E-state index is 12.2. The van der Waals surface area contributed by atoms with E-state index in [1.807, 2.05) is 25.1 Å². The number of rotatable bonds is 11. The molecule has 8 heteroatoms. The largest absolute Gasteiger partial charge is 0.488 e. The first-order chi connectivity index (χ1) is 22.0. The molecule has 0 amide bonds. The van der Waals surface area contributed by atoms with Crippen molar-refractivity contribution in [1.29, 1.82) is 0 Å². The van der Waals surface area contributed by atoms with Crippen LogP contribution in [-0.2, 0) is 35.5 Å². The van der Waals surface area contributed by atoms with Gasteiger partial charge in [0.1, 0.15) is 12.4 Å². The summed E-state index contributed by atoms with van der Waals surface area (Å²) in [5, 5.41) is 4.45. The van der Waals surface area contributed by atoms with E-state index in [9.17, 15) is 4.79 Å². The molecule has 238 valence electrons. The summed E-state index contributed by atoms with van der Waals surface area (Å²) in [6.07, 6.45) is 11.2. The number of ether oxygens (including phenoxy) is 3. The Morgan fingerprint density at radius 1 is 1.09 bits per heavy atom. The number of aromatic nitrogens is 3. The molecule has 0 atom stereocenters. The van der Waals surface area contributed by atoms with Gasteiger partial charge in [-0.3, -0.25) is 9.69 Å². The third kappa shape index (κ3) is 6.63. The van der Waals surface area contributed by atoms with Crippen LogP contribution < -0.4 is 4.74 Å². The van der Waals surface area contributed by atoms with E-state index in [-0.39, 0.29) is 5.78 Å². The summed E-state index contributed by atoms with van der Waals surface area (Å²) in [6.45, 7) is 12.7. The number of Topliss-reactive ketones (excluding diaryl/α,β-unsaturated/α-hetero) is 1. The molecule has 1 aromatic carbocycles. The maximum Gasteiger partial charge on any atom is 0.229 e. The minimum absolute atomic E-state index is 0.0913. The van der Waals surface area contributed by atoms with Gasteiger partial charge in [0.2, 0.25) is 5.88 Å². The number of pyridine rings is 1. The smallest absolute Gasteiger partial charge is 0.229 e. The van der Waals surface area contributed by atoms with Gasteiger partial charge in [-0.15, -0.1) is 0 Å². The van der Waals surface area contributed by atoms with Crippen molar-refractivity contribution < 1.29 is 19.0 Å². The number of fused-ring (bicyclic) bond motifs is 1. The molecule has 1 aliphatic carbocycles. The molecule has 3 aliphatic rings. The molecular weight excluding hydrogens is 564 g/mol. The predicted molar refractivity (Wildman–Crippen MR) is 176 cm³/mol. The summed E-state index contributed by atoms with van der Waals surface area (Å²) >= 11 is 0. The van der Waals surface area contributed by atoms with Gasteiger partial charge in [0.25, 0.3) is 0 Å². The molecule has 0 unspecified atom stereocenters. The van der Waals surface area contributed by atoms with Gasteiger partial charge in [0.15, 0.2) is 11.6 Å². The van der Waals surface area contributed by atoms with Crippen molar-refractivity contribution in [2.75, 3.05) is 26.4 Å². The quantitative estimate of drug-likeness (QED) is 0.216. The lowest BCUT2D eigenvalue weighted by atomic mass is 9.88. The topological polar surface area (TPSA) is 78.7 Å². The van der Waals surface area contributed by atoms with Gasteiger partial charge in [-0.05, 0) is 99.3 Å². The predicted octanol–water partition coefficient (Wildman–Crippen LogP) is 7.03. The fraction of sp³-hybridized carbons (Fsp3) is 0.486. The van der Waals surface area contributed by atoms with Crippen LogP contribution in [0.2, 0.25) is 0 Å². The van der Waals surface area contributed by atoms with Crippen LogP contribution in [0, 0.1) is 0 Å². The SMILES string of the molecule is CCCc1c(COC2=C(C)CCC=C2c2cccc(-n3ncc(C(C)=O)c3OCC)n2)ccc2c1CCN(C1CCOCC1)C2.